The first-order valence-electron chi connectivity index (χ1n) is 10.6. The second-order valence-electron chi connectivity index (χ2n) is 7.96. The minimum atomic E-state index is -0.246. The summed E-state index contributed by atoms with van der Waals surface area (Å²) in [6.45, 7) is 3.96. The summed E-state index contributed by atoms with van der Waals surface area (Å²) < 4.78 is 8.63. The number of anilines is 1. The van der Waals surface area contributed by atoms with Crippen LogP contribution in [0.4, 0.5) is 5.69 Å². The molecule has 2 aromatic heterocycles. The average Bonchev–Trinajstić information content (AvgIpc) is 3.30. The predicted molar refractivity (Wildman–Crippen MR) is 140 cm³/mol. The number of rotatable bonds is 5. The molecule has 5 rings (SSSR count). The number of carbonyl (C=O) groups is 1. The first-order valence-corrected chi connectivity index (χ1v) is 12.2. The lowest BCUT2D eigenvalue weighted by Gasteiger charge is -2.09. The van der Waals surface area contributed by atoms with Crippen LogP contribution >= 0.6 is 27.3 Å². The first kappa shape index (κ1) is 22.3. The highest BCUT2D eigenvalue weighted by atomic mass is 79.9. The number of hydrogen-bond acceptors (Lipinski definition) is 5. The van der Waals surface area contributed by atoms with Crippen molar-refractivity contribution < 1.29 is 9.53 Å². The highest BCUT2D eigenvalue weighted by Crippen LogP contribution is 2.26. The number of amides is 1. The van der Waals surface area contributed by atoms with E-state index in [2.05, 4.69) is 26.2 Å². The molecule has 34 heavy (non-hydrogen) atoms. The van der Waals surface area contributed by atoms with Gasteiger partial charge in [0, 0.05) is 5.69 Å². The van der Waals surface area contributed by atoms with Crippen LogP contribution in [0.3, 0.4) is 0 Å². The van der Waals surface area contributed by atoms with Crippen molar-refractivity contribution in [3.05, 3.63) is 96.7 Å². The van der Waals surface area contributed by atoms with Crippen molar-refractivity contribution in [3.8, 4) is 5.75 Å². The van der Waals surface area contributed by atoms with Crippen molar-refractivity contribution in [3.63, 3.8) is 0 Å². The van der Waals surface area contributed by atoms with E-state index in [1.807, 2.05) is 74.5 Å². The van der Waals surface area contributed by atoms with E-state index in [9.17, 15) is 9.59 Å². The fourth-order valence-electron chi connectivity index (χ4n) is 3.66. The molecule has 1 N–H and O–H groups in total. The molecule has 0 unspecified atom stereocenters. The number of hydrogen-bond donors (Lipinski definition) is 1. The maximum Gasteiger partial charge on any atom is 0.274 e. The Morgan fingerprint density at radius 3 is 2.65 bits per heavy atom. The molecule has 3 aromatic carbocycles. The summed E-state index contributed by atoms with van der Waals surface area (Å²) in [5.41, 5.74) is 5.42. The minimum absolute atomic E-state index is 0.0835. The van der Waals surface area contributed by atoms with Gasteiger partial charge in [-0.3, -0.25) is 9.59 Å². The van der Waals surface area contributed by atoms with Crippen LogP contribution in [0.2, 0.25) is 0 Å². The van der Waals surface area contributed by atoms with Crippen LogP contribution in [0.25, 0.3) is 22.1 Å². The zero-order valence-electron chi connectivity index (χ0n) is 18.5. The highest BCUT2D eigenvalue weighted by molar-refractivity contribution is 9.10. The molecule has 0 saturated heterocycles. The number of para-hydroxylation sites is 1. The van der Waals surface area contributed by atoms with Gasteiger partial charge in [0.2, 0.25) is 0 Å². The van der Waals surface area contributed by atoms with E-state index in [0.717, 1.165) is 27.7 Å². The number of thiazole rings is 1. The monoisotopic (exact) mass is 533 g/mol. The van der Waals surface area contributed by atoms with Crippen LogP contribution in [0.5, 0.6) is 5.75 Å². The van der Waals surface area contributed by atoms with Crippen LogP contribution < -0.4 is 20.1 Å². The molecule has 0 aliphatic rings. The Labute approximate surface area is 207 Å². The van der Waals surface area contributed by atoms with Gasteiger partial charge in [0.1, 0.15) is 5.75 Å². The summed E-state index contributed by atoms with van der Waals surface area (Å²) in [7, 11) is 0. The molecule has 170 valence electrons. The second-order valence-corrected chi connectivity index (χ2v) is 9.83. The van der Waals surface area contributed by atoms with E-state index in [1.165, 1.54) is 11.3 Å². The molecule has 0 aliphatic heterocycles. The smallest absolute Gasteiger partial charge is 0.274 e. The number of imidazole rings is 1. The third-order valence-corrected chi connectivity index (χ3v) is 7.11. The SMILES string of the molecule is Cc1cc2nc3s/c(=C\c4ccc(OCC(=O)Nc5ccccc5)c(Br)c4)c(=O)n3c2cc1C. The summed E-state index contributed by atoms with van der Waals surface area (Å²) in [6, 6.07) is 18.7. The molecule has 0 bridgehead atoms. The fraction of sp³-hybridized carbons (Fsp3) is 0.115. The zero-order chi connectivity index (χ0) is 23.8. The van der Waals surface area contributed by atoms with Gasteiger partial charge < -0.3 is 10.1 Å². The standard InChI is InChI=1S/C26H20BrN3O3S/c1-15-10-20-21(11-16(15)2)30-25(32)23(34-26(30)29-20)13-17-8-9-22(19(27)12-17)33-14-24(31)28-18-6-4-3-5-7-18/h3-13H,14H2,1-2H3,(H,28,31)/b23-13-. The molecule has 0 saturated carbocycles. The van der Waals surface area contributed by atoms with Crippen molar-refractivity contribution in [1.82, 2.24) is 9.38 Å². The van der Waals surface area contributed by atoms with Gasteiger partial charge in [0.05, 0.1) is 20.0 Å². The van der Waals surface area contributed by atoms with Gasteiger partial charge >= 0.3 is 0 Å². The lowest BCUT2D eigenvalue weighted by molar-refractivity contribution is -0.118. The van der Waals surface area contributed by atoms with Crippen LogP contribution in [-0.4, -0.2) is 21.9 Å². The van der Waals surface area contributed by atoms with Gasteiger partial charge in [-0.2, -0.15) is 0 Å². The number of ether oxygens (including phenoxy) is 1. The number of nitrogens with zero attached hydrogens (tertiary/aromatic N) is 2. The Balaban J connectivity index is 1.37. The Kier molecular flexibility index (Phi) is 5.93. The normalized spacial score (nSPS) is 11.9. The molecule has 2 heterocycles. The summed E-state index contributed by atoms with van der Waals surface area (Å²) in [5.74, 6) is 0.296. The quantitative estimate of drug-likeness (QED) is 0.350. The molecule has 1 amide bonds. The Hall–Kier alpha value is -3.49. The number of fused-ring (bicyclic) bond motifs is 3. The Morgan fingerprint density at radius 2 is 1.88 bits per heavy atom. The maximum atomic E-state index is 13.1. The Bertz CT molecular complexity index is 1660. The largest absolute Gasteiger partial charge is 0.483 e. The highest BCUT2D eigenvalue weighted by Gasteiger charge is 2.13. The summed E-state index contributed by atoms with van der Waals surface area (Å²) in [5, 5.41) is 2.78. The topological polar surface area (TPSA) is 72.7 Å². The van der Waals surface area contributed by atoms with Crippen molar-refractivity contribution in [2.75, 3.05) is 11.9 Å². The molecular formula is C26H20BrN3O3S. The van der Waals surface area contributed by atoms with Gasteiger partial charge in [-0.05, 0) is 88.9 Å². The molecule has 5 aromatic rings. The maximum absolute atomic E-state index is 13.1. The van der Waals surface area contributed by atoms with Gasteiger partial charge in [-0.25, -0.2) is 9.38 Å². The van der Waals surface area contributed by atoms with Crippen molar-refractivity contribution in [2.24, 2.45) is 0 Å². The van der Waals surface area contributed by atoms with E-state index in [1.54, 1.807) is 10.5 Å². The minimum Gasteiger partial charge on any atom is -0.483 e. The van der Waals surface area contributed by atoms with E-state index in [-0.39, 0.29) is 18.1 Å². The molecule has 0 atom stereocenters. The number of benzene rings is 3. The lowest BCUT2D eigenvalue weighted by atomic mass is 10.1. The molecular weight excluding hydrogens is 514 g/mol. The predicted octanol–water partition coefficient (Wildman–Crippen LogP) is 4.85. The van der Waals surface area contributed by atoms with Gasteiger partial charge in [-0.15, -0.1) is 0 Å². The lowest BCUT2D eigenvalue weighted by Crippen LogP contribution is -2.22. The third kappa shape index (κ3) is 4.34. The fourth-order valence-corrected chi connectivity index (χ4v) is 5.15. The van der Waals surface area contributed by atoms with E-state index in [4.69, 9.17) is 4.74 Å². The number of aromatic nitrogens is 2. The van der Waals surface area contributed by atoms with Crippen LogP contribution in [0, 0.1) is 13.8 Å². The zero-order valence-corrected chi connectivity index (χ0v) is 20.9. The molecule has 0 spiro atoms. The van der Waals surface area contributed by atoms with Crippen molar-refractivity contribution in [1.29, 1.82) is 0 Å². The van der Waals surface area contributed by atoms with E-state index < -0.39 is 0 Å². The molecule has 0 aliphatic carbocycles. The third-order valence-electron chi connectivity index (χ3n) is 5.52. The molecule has 0 radical (unpaired) electrons. The number of nitrogens with one attached hydrogen (secondary N) is 1. The van der Waals surface area contributed by atoms with Crippen molar-refractivity contribution in [2.45, 2.75) is 13.8 Å². The number of aryl methyl sites for hydroxylation is 2. The van der Waals surface area contributed by atoms with E-state index in [0.29, 0.717) is 25.4 Å². The van der Waals surface area contributed by atoms with Crippen LogP contribution in [0.15, 0.2) is 69.9 Å². The molecule has 8 heteroatoms. The molecule has 6 nitrogen and oxygen atoms in total. The van der Waals surface area contributed by atoms with Gasteiger partial charge in [0.15, 0.2) is 11.6 Å². The molecule has 0 fully saturated rings. The van der Waals surface area contributed by atoms with Gasteiger partial charge in [-0.1, -0.05) is 35.6 Å². The summed E-state index contributed by atoms with van der Waals surface area (Å²) in [4.78, 5) is 30.6. The van der Waals surface area contributed by atoms with Gasteiger partial charge in [0.25, 0.3) is 11.5 Å². The van der Waals surface area contributed by atoms with Crippen LogP contribution in [0.1, 0.15) is 16.7 Å². The average molecular weight is 534 g/mol. The number of carbonyl (C=O) groups excluding carboxylic acids is 1. The van der Waals surface area contributed by atoms with Crippen molar-refractivity contribution >= 4 is 60.9 Å². The second kappa shape index (κ2) is 9.04. The summed E-state index contributed by atoms with van der Waals surface area (Å²) in [6.07, 6.45) is 1.84. The first-order chi connectivity index (χ1) is 16.4. The Morgan fingerprint density at radius 1 is 1.12 bits per heavy atom. The number of halogens is 1. The van der Waals surface area contributed by atoms with Crippen LogP contribution in [-0.2, 0) is 4.79 Å². The summed E-state index contributed by atoms with van der Waals surface area (Å²) >= 11 is 4.87. The van der Waals surface area contributed by atoms with E-state index >= 15 is 0 Å².